The van der Waals surface area contributed by atoms with Crippen LogP contribution in [0.3, 0.4) is 0 Å². The maximum atomic E-state index is 13.3. The van der Waals surface area contributed by atoms with E-state index in [1.807, 2.05) is 20.8 Å². The van der Waals surface area contributed by atoms with Crippen molar-refractivity contribution in [2.75, 3.05) is 23.3 Å². The predicted octanol–water partition coefficient (Wildman–Crippen LogP) is 3.99. The van der Waals surface area contributed by atoms with Crippen molar-refractivity contribution in [2.45, 2.75) is 39.3 Å². The SMILES string of the molecule is C=CC(=O)N1CC[C@@H](NC(=O)c2sc3nccc4c3c2NC(=O)N4c2cnc(OC(C)C)cc2C)C1. The molecule has 4 amide bonds. The van der Waals surface area contributed by atoms with E-state index in [0.717, 1.165) is 5.56 Å². The van der Waals surface area contributed by atoms with E-state index >= 15 is 0 Å². The molecule has 2 aliphatic heterocycles. The molecule has 36 heavy (non-hydrogen) atoms. The number of aryl methyl sites for hydroxylation is 1. The van der Waals surface area contributed by atoms with Crippen LogP contribution < -0.4 is 20.3 Å². The van der Waals surface area contributed by atoms with Crippen molar-refractivity contribution < 1.29 is 19.1 Å². The summed E-state index contributed by atoms with van der Waals surface area (Å²) in [7, 11) is 0. The lowest BCUT2D eigenvalue weighted by Gasteiger charge is -2.29. The highest BCUT2D eigenvalue weighted by molar-refractivity contribution is 7.21. The third-order valence-electron chi connectivity index (χ3n) is 6.12. The molecule has 2 aliphatic rings. The molecule has 0 radical (unpaired) electrons. The van der Waals surface area contributed by atoms with Crippen LogP contribution in [0.15, 0.2) is 37.2 Å². The molecular formula is C25H26N6O4S. The van der Waals surface area contributed by atoms with Crippen LogP contribution in [0.5, 0.6) is 5.88 Å². The summed E-state index contributed by atoms with van der Waals surface area (Å²) in [6.45, 7) is 10.2. The molecule has 0 bridgehead atoms. The minimum absolute atomic E-state index is 0.0198. The molecular weight excluding hydrogens is 480 g/mol. The molecule has 5 rings (SSSR count). The molecule has 3 aromatic rings. The van der Waals surface area contributed by atoms with Crippen LogP contribution in [0, 0.1) is 6.92 Å². The van der Waals surface area contributed by atoms with Gasteiger partial charge < -0.3 is 20.3 Å². The van der Waals surface area contributed by atoms with Crippen LogP contribution in [-0.2, 0) is 4.79 Å². The summed E-state index contributed by atoms with van der Waals surface area (Å²) >= 11 is 1.22. The maximum Gasteiger partial charge on any atom is 0.331 e. The Balaban J connectivity index is 1.47. The van der Waals surface area contributed by atoms with Crippen molar-refractivity contribution in [2.24, 2.45) is 0 Å². The number of carbonyl (C=O) groups excluding carboxylic acids is 3. The molecule has 3 aromatic heterocycles. The number of nitrogens with one attached hydrogen (secondary N) is 2. The molecule has 1 saturated heterocycles. The fraction of sp³-hybridized carbons (Fsp3) is 0.320. The van der Waals surface area contributed by atoms with Crippen LogP contribution in [-0.4, -0.2) is 57.9 Å². The molecule has 0 spiro atoms. The smallest absolute Gasteiger partial charge is 0.331 e. The molecule has 186 valence electrons. The molecule has 0 aromatic carbocycles. The Morgan fingerprint density at radius 3 is 2.86 bits per heavy atom. The number of pyridine rings is 2. The molecule has 11 heteroatoms. The van der Waals surface area contributed by atoms with Gasteiger partial charge in [0.05, 0.1) is 34.7 Å². The zero-order valence-corrected chi connectivity index (χ0v) is 21.0. The summed E-state index contributed by atoms with van der Waals surface area (Å²) in [5.74, 6) is 0.0242. The number of likely N-dealkylation sites (tertiary alicyclic amines) is 1. The normalized spacial score (nSPS) is 16.9. The van der Waals surface area contributed by atoms with Gasteiger partial charge in [-0.25, -0.2) is 14.8 Å². The first-order valence-electron chi connectivity index (χ1n) is 11.6. The van der Waals surface area contributed by atoms with Crippen molar-refractivity contribution >= 4 is 56.5 Å². The van der Waals surface area contributed by atoms with Gasteiger partial charge in [-0.2, -0.15) is 0 Å². The van der Waals surface area contributed by atoms with Gasteiger partial charge in [-0.15, -0.1) is 11.3 Å². The van der Waals surface area contributed by atoms with E-state index in [1.54, 1.807) is 34.3 Å². The second kappa shape index (κ2) is 9.23. The molecule has 0 unspecified atom stereocenters. The summed E-state index contributed by atoms with van der Waals surface area (Å²) in [5, 5.41) is 6.59. The van der Waals surface area contributed by atoms with E-state index in [1.165, 1.54) is 17.4 Å². The molecule has 0 saturated carbocycles. The van der Waals surface area contributed by atoms with Crippen molar-refractivity contribution in [1.29, 1.82) is 0 Å². The van der Waals surface area contributed by atoms with E-state index in [4.69, 9.17) is 4.74 Å². The van der Waals surface area contributed by atoms with Gasteiger partial charge in [0.15, 0.2) is 0 Å². The van der Waals surface area contributed by atoms with E-state index in [0.29, 0.717) is 57.5 Å². The van der Waals surface area contributed by atoms with Crippen LogP contribution in [0.25, 0.3) is 10.2 Å². The number of urea groups is 1. The number of rotatable bonds is 6. The van der Waals surface area contributed by atoms with Gasteiger partial charge in [-0.05, 0) is 44.9 Å². The summed E-state index contributed by atoms with van der Waals surface area (Å²) in [6, 6.07) is 2.98. The second-order valence-corrected chi connectivity index (χ2v) is 10.0. The molecule has 10 nitrogen and oxygen atoms in total. The molecule has 1 atom stereocenters. The highest BCUT2D eigenvalue weighted by atomic mass is 32.1. The minimum Gasteiger partial charge on any atom is -0.475 e. The number of amides is 4. The summed E-state index contributed by atoms with van der Waals surface area (Å²) in [6.07, 6.45) is 5.14. The molecule has 2 N–H and O–H groups in total. The zero-order valence-electron chi connectivity index (χ0n) is 20.2. The number of carbonyl (C=O) groups is 3. The topological polar surface area (TPSA) is 117 Å². The first kappa shape index (κ1) is 23.7. The van der Waals surface area contributed by atoms with E-state index in [9.17, 15) is 14.4 Å². The van der Waals surface area contributed by atoms with E-state index in [-0.39, 0.29) is 24.0 Å². The van der Waals surface area contributed by atoms with Gasteiger partial charge in [0.1, 0.15) is 9.71 Å². The Bertz CT molecular complexity index is 1400. The standard InChI is InChI=1S/C25H26N6O4S/c1-5-19(32)30-9-7-15(12-30)28-23(33)22-21-20-16(6-8-26-24(20)36-22)31(25(34)29-21)17-11-27-18(10-14(17)4)35-13(2)3/h5-6,8,10-11,13,15H,1,7,9,12H2,2-4H3,(H,28,33)(H,29,34)/t15-/m1/s1. The Labute approximate surface area is 212 Å². The average Bonchev–Trinajstić information content (AvgIpc) is 3.45. The number of hydrogen-bond acceptors (Lipinski definition) is 7. The Morgan fingerprint density at radius 2 is 2.14 bits per heavy atom. The van der Waals surface area contributed by atoms with Gasteiger partial charge in [0, 0.05) is 31.4 Å². The van der Waals surface area contributed by atoms with Crippen molar-refractivity contribution in [3.05, 3.63) is 47.6 Å². The van der Waals surface area contributed by atoms with Crippen molar-refractivity contribution in [1.82, 2.24) is 20.2 Å². The molecule has 0 aliphatic carbocycles. The highest BCUT2D eigenvalue weighted by Crippen LogP contribution is 2.46. The van der Waals surface area contributed by atoms with Gasteiger partial charge in [-0.3, -0.25) is 14.5 Å². The van der Waals surface area contributed by atoms with E-state index < -0.39 is 6.03 Å². The highest BCUT2D eigenvalue weighted by Gasteiger charge is 2.34. The first-order valence-corrected chi connectivity index (χ1v) is 12.5. The number of hydrogen-bond donors (Lipinski definition) is 2. The number of thiophene rings is 1. The van der Waals surface area contributed by atoms with Crippen LogP contribution in [0.1, 0.15) is 35.5 Å². The largest absolute Gasteiger partial charge is 0.475 e. The number of anilines is 3. The Kier molecular flexibility index (Phi) is 6.09. The maximum absolute atomic E-state index is 13.3. The average molecular weight is 507 g/mol. The first-order chi connectivity index (χ1) is 17.3. The fourth-order valence-corrected chi connectivity index (χ4v) is 5.53. The second-order valence-electron chi connectivity index (χ2n) is 9.01. The van der Waals surface area contributed by atoms with Gasteiger partial charge in [0.2, 0.25) is 11.8 Å². The number of ether oxygens (including phenoxy) is 1. The van der Waals surface area contributed by atoms with Crippen LogP contribution in [0.2, 0.25) is 0 Å². The third kappa shape index (κ3) is 4.15. The van der Waals surface area contributed by atoms with Crippen molar-refractivity contribution in [3.8, 4) is 5.88 Å². The predicted molar refractivity (Wildman–Crippen MR) is 138 cm³/mol. The lowest BCUT2D eigenvalue weighted by Crippen LogP contribution is -2.39. The Hall–Kier alpha value is -3.99. The molecule has 5 heterocycles. The van der Waals surface area contributed by atoms with E-state index in [2.05, 4.69) is 27.2 Å². The summed E-state index contributed by atoms with van der Waals surface area (Å²) in [4.78, 5) is 51.5. The lowest BCUT2D eigenvalue weighted by molar-refractivity contribution is -0.125. The van der Waals surface area contributed by atoms with Crippen LogP contribution >= 0.6 is 11.3 Å². The summed E-state index contributed by atoms with van der Waals surface area (Å²) in [5.41, 5.74) is 2.49. The monoisotopic (exact) mass is 506 g/mol. The molecule has 1 fully saturated rings. The summed E-state index contributed by atoms with van der Waals surface area (Å²) < 4.78 is 5.68. The lowest BCUT2D eigenvalue weighted by atomic mass is 10.1. The Morgan fingerprint density at radius 1 is 1.33 bits per heavy atom. The van der Waals surface area contributed by atoms with Gasteiger partial charge in [-0.1, -0.05) is 6.58 Å². The quantitative estimate of drug-likeness (QED) is 0.489. The number of aromatic nitrogens is 2. The van der Waals surface area contributed by atoms with Crippen molar-refractivity contribution in [3.63, 3.8) is 0 Å². The zero-order chi connectivity index (χ0) is 25.6. The van der Waals surface area contributed by atoms with Gasteiger partial charge in [0.25, 0.3) is 5.91 Å². The minimum atomic E-state index is -0.395. The fourth-order valence-electron chi connectivity index (χ4n) is 4.50. The van der Waals surface area contributed by atoms with Gasteiger partial charge >= 0.3 is 6.03 Å². The van der Waals surface area contributed by atoms with Crippen LogP contribution in [0.4, 0.5) is 21.9 Å². The number of nitrogens with zero attached hydrogens (tertiary/aromatic N) is 4. The third-order valence-corrected chi connectivity index (χ3v) is 7.21.